The standard InChI is InChI=1S/C57H37NO/c1-3-20-40(21-4-1)57(41-22-5-2-6-23-41)50-29-13-11-26-45(50)46-36-34-42(37-51(46)57)58(52-31-15-19-38-17-7-9-24-43(38)52)53-30-14-12-27-47(53)48-28-16-32-54-55(48)49-35-33-39-18-8-10-25-44(39)56(49)59-54/h1-37H/i7D,9D,15D,17D,19D,24D,31D. The molecule has 0 saturated heterocycles. The Bertz CT molecular complexity index is 3760. The Morgan fingerprint density at radius 3 is 1.95 bits per heavy atom. The van der Waals surface area contributed by atoms with Crippen LogP contribution in [0.2, 0.25) is 0 Å². The van der Waals surface area contributed by atoms with Crippen LogP contribution in [0.15, 0.2) is 229 Å². The molecule has 59 heavy (non-hydrogen) atoms. The smallest absolute Gasteiger partial charge is 0.143 e. The van der Waals surface area contributed by atoms with Gasteiger partial charge < -0.3 is 9.32 Å². The second-order valence-corrected chi connectivity index (χ2v) is 15.0. The fourth-order valence-electron chi connectivity index (χ4n) is 9.60. The van der Waals surface area contributed by atoms with Crippen molar-refractivity contribution in [1.29, 1.82) is 0 Å². The van der Waals surface area contributed by atoms with Gasteiger partial charge in [-0.05, 0) is 86.1 Å². The summed E-state index contributed by atoms with van der Waals surface area (Å²) in [6, 6.07) is 58.7. The summed E-state index contributed by atoms with van der Waals surface area (Å²) in [7, 11) is 0. The summed E-state index contributed by atoms with van der Waals surface area (Å²) in [4.78, 5) is 1.87. The van der Waals surface area contributed by atoms with E-state index in [1.54, 1.807) is 0 Å². The van der Waals surface area contributed by atoms with E-state index in [2.05, 4.69) is 109 Å². The van der Waals surface area contributed by atoms with Gasteiger partial charge in [0.25, 0.3) is 0 Å². The Kier molecular flexibility index (Phi) is 6.05. The molecular formula is C57H37NO. The van der Waals surface area contributed by atoms with E-state index in [0.29, 0.717) is 17.0 Å². The molecule has 2 heteroatoms. The first-order valence-electron chi connectivity index (χ1n) is 23.3. The van der Waals surface area contributed by atoms with Crippen LogP contribution >= 0.6 is 0 Å². The lowest BCUT2D eigenvalue weighted by atomic mass is 9.67. The molecule has 2 nitrogen and oxygen atoms in total. The summed E-state index contributed by atoms with van der Waals surface area (Å²) < 4.78 is 71.0. The molecule has 11 aromatic rings. The highest BCUT2D eigenvalue weighted by Crippen LogP contribution is 2.58. The largest absolute Gasteiger partial charge is 0.455 e. The van der Waals surface area contributed by atoms with E-state index in [1.165, 1.54) is 0 Å². The molecule has 1 aromatic heterocycles. The summed E-state index contributed by atoms with van der Waals surface area (Å²) >= 11 is 0. The van der Waals surface area contributed by atoms with Crippen LogP contribution in [0, 0.1) is 0 Å². The zero-order valence-corrected chi connectivity index (χ0v) is 31.7. The first-order chi connectivity index (χ1) is 32.2. The van der Waals surface area contributed by atoms with Gasteiger partial charge in [-0.1, -0.05) is 188 Å². The van der Waals surface area contributed by atoms with Crippen molar-refractivity contribution in [3.63, 3.8) is 0 Å². The van der Waals surface area contributed by atoms with Gasteiger partial charge in [0, 0.05) is 32.8 Å². The van der Waals surface area contributed by atoms with Crippen LogP contribution in [0.3, 0.4) is 0 Å². The first-order valence-corrected chi connectivity index (χ1v) is 19.8. The fourth-order valence-corrected chi connectivity index (χ4v) is 9.60. The van der Waals surface area contributed by atoms with Gasteiger partial charge in [-0.3, -0.25) is 0 Å². The van der Waals surface area contributed by atoms with E-state index in [1.807, 2.05) is 77.7 Å². The second-order valence-electron chi connectivity index (χ2n) is 15.0. The van der Waals surface area contributed by atoms with Crippen molar-refractivity contribution in [2.45, 2.75) is 5.41 Å². The maximum Gasteiger partial charge on any atom is 0.143 e. The van der Waals surface area contributed by atoms with Crippen LogP contribution in [0.25, 0.3) is 65.7 Å². The van der Waals surface area contributed by atoms with Gasteiger partial charge in [0.2, 0.25) is 0 Å². The molecule has 0 radical (unpaired) electrons. The van der Waals surface area contributed by atoms with Crippen molar-refractivity contribution < 1.29 is 14.0 Å². The highest BCUT2D eigenvalue weighted by atomic mass is 16.3. The van der Waals surface area contributed by atoms with Crippen LogP contribution in [0.5, 0.6) is 0 Å². The highest BCUT2D eigenvalue weighted by Gasteiger charge is 2.46. The molecule has 0 fully saturated rings. The quantitative estimate of drug-likeness (QED) is 0.168. The van der Waals surface area contributed by atoms with E-state index in [-0.39, 0.29) is 22.5 Å². The molecule has 1 aliphatic rings. The predicted molar refractivity (Wildman–Crippen MR) is 246 cm³/mol. The molecule has 12 rings (SSSR count). The van der Waals surface area contributed by atoms with Crippen molar-refractivity contribution in [1.82, 2.24) is 0 Å². The second kappa shape index (κ2) is 13.2. The van der Waals surface area contributed by atoms with E-state index >= 15 is 0 Å². The van der Waals surface area contributed by atoms with Crippen molar-refractivity contribution >= 4 is 60.5 Å². The van der Waals surface area contributed by atoms with E-state index in [0.717, 1.165) is 71.6 Å². The van der Waals surface area contributed by atoms with Crippen molar-refractivity contribution in [3.05, 3.63) is 247 Å². The normalized spacial score (nSPS) is 14.5. The van der Waals surface area contributed by atoms with Gasteiger partial charge in [0.1, 0.15) is 11.2 Å². The minimum Gasteiger partial charge on any atom is -0.455 e. The molecule has 276 valence electrons. The molecule has 1 aliphatic carbocycles. The summed E-state index contributed by atoms with van der Waals surface area (Å²) in [6.45, 7) is 0. The number of furan rings is 1. The third-order valence-electron chi connectivity index (χ3n) is 12.0. The SMILES string of the molecule is [2H]c1c([2H])c([2H])c2c(N(c3ccc4c(c3)C(c3ccccc3)(c3ccccc3)c3ccccc3-4)c3ccccc3-c3cccc4oc5c6ccccc6ccc5c34)c([2H])c([2H])c([2H])c2c1[2H]. The third-order valence-corrected chi connectivity index (χ3v) is 12.0. The van der Waals surface area contributed by atoms with Gasteiger partial charge in [-0.15, -0.1) is 0 Å². The Morgan fingerprint density at radius 1 is 0.424 bits per heavy atom. The van der Waals surface area contributed by atoms with Gasteiger partial charge in [-0.25, -0.2) is 0 Å². The maximum absolute atomic E-state index is 9.79. The monoisotopic (exact) mass is 758 g/mol. The van der Waals surface area contributed by atoms with E-state index in [4.69, 9.17) is 9.90 Å². The Morgan fingerprint density at radius 2 is 1.10 bits per heavy atom. The number of fused-ring (bicyclic) bond motifs is 9. The number of para-hydroxylation sites is 1. The topological polar surface area (TPSA) is 16.4 Å². The zero-order chi connectivity index (χ0) is 45.0. The van der Waals surface area contributed by atoms with Gasteiger partial charge in [-0.2, -0.15) is 0 Å². The minimum atomic E-state index is -0.791. The van der Waals surface area contributed by atoms with Crippen LogP contribution in [0.1, 0.15) is 31.8 Å². The molecule has 0 bridgehead atoms. The summed E-state index contributed by atoms with van der Waals surface area (Å²) in [6.07, 6.45) is 0. The summed E-state index contributed by atoms with van der Waals surface area (Å²) in [5.41, 5.74) is 9.86. The zero-order valence-electron chi connectivity index (χ0n) is 38.7. The molecule has 0 unspecified atom stereocenters. The molecule has 0 saturated carbocycles. The van der Waals surface area contributed by atoms with Crippen molar-refractivity contribution in [2.24, 2.45) is 0 Å². The third kappa shape index (κ3) is 4.93. The Labute approximate surface area is 352 Å². The van der Waals surface area contributed by atoms with Crippen LogP contribution in [0.4, 0.5) is 17.1 Å². The highest BCUT2D eigenvalue weighted by molar-refractivity contribution is 6.20. The first kappa shape index (κ1) is 27.0. The van der Waals surface area contributed by atoms with Crippen LogP contribution in [-0.4, -0.2) is 0 Å². The minimum absolute atomic E-state index is 0.0126. The Balaban J connectivity index is 1.22. The molecular weight excluding hydrogens is 715 g/mol. The lowest BCUT2D eigenvalue weighted by Crippen LogP contribution is -2.28. The van der Waals surface area contributed by atoms with Crippen LogP contribution in [-0.2, 0) is 5.41 Å². The summed E-state index contributed by atoms with van der Waals surface area (Å²) in [5.74, 6) is 0. The number of hydrogen-bond acceptors (Lipinski definition) is 2. The number of anilines is 3. The molecule has 1 heterocycles. The molecule has 0 aliphatic heterocycles. The fraction of sp³-hybridized carbons (Fsp3) is 0.0175. The number of nitrogens with zero attached hydrogens (tertiary/aromatic N) is 1. The number of rotatable bonds is 6. The van der Waals surface area contributed by atoms with Gasteiger partial charge in [0.05, 0.1) is 26.4 Å². The molecule has 0 atom stereocenters. The van der Waals surface area contributed by atoms with Crippen molar-refractivity contribution in [3.8, 4) is 22.3 Å². The number of benzene rings is 10. The average Bonchev–Trinajstić information content (AvgIpc) is 3.90. The maximum atomic E-state index is 9.79. The average molecular weight is 759 g/mol. The van der Waals surface area contributed by atoms with Crippen molar-refractivity contribution in [2.75, 3.05) is 4.90 Å². The number of hydrogen-bond donors (Lipinski definition) is 0. The molecule has 10 aromatic carbocycles. The lowest BCUT2D eigenvalue weighted by Gasteiger charge is -2.35. The molecule has 0 spiro atoms. The lowest BCUT2D eigenvalue weighted by molar-refractivity contribution is 0.673. The summed E-state index contributed by atoms with van der Waals surface area (Å²) in [5, 5.41) is 3.74. The van der Waals surface area contributed by atoms with E-state index in [9.17, 15) is 4.11 Å². The van der Waals surface area contributed by atoms with Gasteiger partial charge in [0.15, 0.2) is 0 Å². The molecule has 0 amide bonds. The molecule has 0 N–H and O–H groups in total. The van der Waals surface area contributed by atoms with Gasteiger partial charge >= 0.3 is 0 Å². The van der Waals surface area contributed by atoms with Crippen LogP contribution < -0.4 is 4.90 Å². The Hall–Kier alpha value is -7.68. The van der Waals surface area contributed by atoms with E-state index < -0.39 is 41.7 Å². The predicted octanol–water partition coefficient (Wildman–Crippen LogP) is 15.4.